The van der Waals surface area contributed by atoms with E-state index in [0.717, 1.165) is 84.1 Å². The van der Waals surface area contributed by atoms with Gasteiger partial charge in [-0.1, -0.05) is 98.3 Å². The van der Waals surface area contributed by atoms with Crippen molar-refractivity contribution in [2.24, 2.45) is 0 Å². The highest BCUT2D eigenvalue weighted by Crippen LogP contribution is 2.46. The number of aryl methyl sites for hydroxylation is 1. The molecule has 0 aliphatic rings. The molecule has 0 heterocycles. The molecule has 2 N–H and O–H groups in total. The molecule has 0 aliphatic heterocycles. The Hall–Kier alpha value is -6.20. The summed E-state index contributed by atoms with van der Waals surface area (Å²) in [5.74, 6) is -1.91. The lowest BCUT2D eigenvalue weighted by atomic mass is 9.87. The normalized spacial score (nSPS) is 11.5. The molecule has 8 rings (SSSR count). The van der Waals surface area contributed by atoms with Crippen molar-refractivity contribution in [1.29, 1.82) is 0 Å². The van der Waals surface area contributed by atoms with E-state index >= 15 is 0 Å². The number of aromatic carboxylic acids is 2. The van der Waals surface area contributed by atoms with E-state index in [2.05, 4.69) is 90.7 Å². The summed E-state index contributed by atoms with van der Waals surface area (Å²) in [6.45, 7) is 2.19. The highest BCUT2D eigenvalue weighted by atomic mass is 16.4. The third-order valence-corrected chi connectivity index (χ3v) is 9.43. The first kappa shape index (κ1) is 29.2. The Labute approximate surface area is 277 Å². The second kappa shape index (κ2) is 11.6. The maximum atomic E-state index is 12.1. The van der Waals surface area contributed by atoms with Crippen LogP contribution in [0.3, 0.4) is 0 Å². The smallest absolute Gasteiger partial charge is 0.336 e. The number of nitrogens with zero attached hydrogens (tertiary/aromatic N) is 1. The Bertz CT molecular complexity index is 2480. The summed E-state index contributed by atoms with van der Waals surface area (Å²) in [5.41, 5.74) is 6.84. The van der Waals surface area contributed by atoms with Gasteiger partial charge in [0.1, 0.15) is 0 Å². The molecule has 0 atom stereocenters. The van der Waals surface area contributed by atoms with Gasteiger partial charge in [0.25, 0.3) is 0 Å². The van der Waals surface area contributed by atoms with Gasteiger partial charge in [0.05, 0.1) is 16.8 Å². The number of hydrogen-bond acceptors (Lipinski definition) is 3. The van der Waals surface area contributed by atoms with Gasteiger partial charge >= 0.3 is 11.9 Å². The van der Waals surface area contributed by atoms with Crippen molar-refractivity contribution in [3.63, 3.8) is 0 Å². The zero-order valence-corrected chi connectivity index (χ0v) is 26.3. The van der Waals surface area contributed by atoms with Crippen molar-refractivity contribution in [1.82, 2.24) is 0 Å². The van der Waals surface area contributed by atoms with Crippen molar-refractivity contribution in [3.8, 4) is 11.1 Å². The summed E-state index contributed by atoms with van der Waals surface area (Å²) in [7, 11) is 0. The second-order valence-electron chi connectivity index (χ2n) is 12.2. The fourth-order valence-electron chi connectivity index (χ4n) is 7.21. The quantitative estimate of drug-likeness (QED) is 0.130. The van der Waals surface area contributed by atoms with E-state index in [4.69, 9.17) is 0 Å². The Morgan fingerprint density at radius 1 is 0.521 bits per heavy atom. The average Bonchev–Trinajstić information content (AvgIpc) is 3.12. The fraction of sp³-hybridized carbons (Fsp3) is 0.0698. The first-order valence-electron chi connectivity index (χ1n) is 16.1. The van der Waals surface area contributed by atoms with Gasteiger partial charge < -0.3 is 15.1 Å². The molecule has 0 saturated carbocycles. The van der Waals surface area contributed by atoms with E-state index in [9.17, 15) is 19.8 Å². The maximum Gasteiger partial charge on any atom is 0.336 e. The topological polar surface area (TPSA) is 77.8 Å². The minimum Gasteiger partial charge on any atom is -0.478 e. The summed E-state index contributed by atoms with van der Waals surface area (Å²) in [6.07, 6.45) is 2.18. The van der Waals surface area contributed by atoms with Gasteiger partial charge in [-0.3, -0.25) is 0 Å². The van der Waals surface area contributed by atoms with Gasteiger partial charge in [0.15, 0.2) is 0 Å². The molecule has 232 valence electrons. The number of benzene rings is 8. The highest BCUT2D eigenvalue weighted by molar-refractivity contribution is 6.35. The minimum absolute atomic E-state index is 0.225. The number of rotatable bonds is 8. The summed E-state index contributed by atoms with van der Waals surface area (Å²) in [6, 6.07) is 44.2. The first-order valence-corrected chi connectivity index (χ1v) is 16.1. The summed E-state index contributed by atoms with van der Waals surface area (Å²) in [4.78, 5) is 26.0. The molecule has 0 fully saturated rings. The monoisotopic (exact) mass is 625 g/mol. The molecular formula is C43H31NO4. The number of carboxylic acids is 2. The molecule has 0 saturated heterocycles. The lowest BCUT2D eigenvalue weighted by molar-refractivity contribution is 0.0687. The van der Waals surface area contributed by atoms with Gasteiger partial charge in [-0.2, -0.15) is 0 Å². The lowest BCUT2D eigenvalue weighted by Crippen LogP contribution is -2.11. The molecule has 8 aromatic carbocycles. The maximum absolute atomic E-state index is 12.1. The van der Waals surface area contributed by atoms with E-state index in [1.807, 2.05) is 36.4 Å². The molecular weight excluding hydrogens is 594 g/mol. The van der Waals surface area contributed by atoms with E-state index in [1.165, 1.54) is 5.56 Å². The third-order valence-electron chi connectivity index (χ3n) is 9.43. The molecule has 0 bridgehead atoms. The van der Waals surface area contributed by atoms with Crippen molar-refractivity contribution in [2.75, 3.05) is 4.90 Å². The molecule has 5 heteroatoms. The van der Waals surface area contributed by atoms with E-state index in [0.29, 0.717) is 5.56 Å². The van der Waals surface area contributed by atoms with Gasteiger partial charge in [0.2, 0.25) is 0 Å². The summed E-state index contributed by atoms with van der Waals surface area (Å²) >= 11 is 0. The third kappa shape index (κ3) is 4.71. The molecule has 5 nitrogen and oxygen atoms in total. The molecule has 0 aromatic heterocycles. The van der Waals surface area contributed by atoms with Crippen LogP contribution in [0.4, 0.5) is 17.1 Å². The predicted molar refractivity (Wildman–Crippen MR) is 196 cm³/mol. The number of carbonyl (C=O) groups is 2. The summed E-state index contributed by atoms with van der Waals surface area (Å²) in [5, 5.41) is 27.5. The van der Waals surface area contributed by atoms with Crippen molar-refractivity contribution < 1.29 is 19.8 Å². The molecule has 0 aliphatic carbocycles. The van der Waals surface area contributed by atoms with Crippen LogP contribution >= 0.6 is 0 Å². The SMILES string of the molecule is CCCc1ccc(-c2ccc(N(c3ccc(C(=O)O)cc3)c3ccc4c5ccc(C(=O)O)c6cccc(c7cccc3c74)c65)cc2)cc1. The zero-order valence-electron chi connectivity index (χ0n) is 26.3. The molecule has 8 aromatic rings. The van der Waals surface area contributed by atoms with E-state index < -0.39 is 11.9 Å². The fourth-order valence-corrected chi connectivity index (χ4v) is 7.21. The Kier molecular flexibility index (Phi) is 7.03. The van der Waals surface area contributed by atoms with Crippen LogP contribution in [0, 0.1) is 0 Å². The number of fused-ring (bicyclic) bond motifs is 2. The largest absolute Gasteiger partial charge is 0.478 e. The van der Waals surface area contributed by atoms with Crippen LogP contribution in [0.2, 0.25) is 0 Å². The second-order valence-corrected chi connectivity index (χ2v) is 12.2. The van der Waals surface area contributed by atoms with Crippen LogP contribution in [0.15, 0.2) is 133 Å². The van der Waals surface area contributed by atoms with Crippen LogP contribution in [0.1, 0.15) is 39.6 Å². The number of anilines is 3. The van der Waals surface area contributed by atoms with E-state index in [1.54, 1.807) is 18.2 Å². The van der Waals surface area contributed by atoms with Crippen LogP contribution in [0.5, 0.6) is 0 Å². The van der Waals surface area contributed by atoms with Crippen LogP contribution in [-0.2, 0) is 6.42 Å². The predicted octanol–water partition coefficient (Wildman–Crippen LogP) is 11.2. The van der Waals surface area contributed by atoms with Crippen molar-refractivity contribution >= 4 is 72.1 Å². The molecule has 0 amide bonds. The number of hydrogen-bond donors (Lipinski definition) is 2. The molecule has 48 heavy (non-hydrogen) atoms. The van der Waals surface area contributed by atoms with Gasteiger partial charge in [-0.15, -0.1) is 0 Å². The minimum atomic E-state index is -0.970. The molecule has 0 unspecified atom stereocenters. The Balaban J connectivity index is 1.34. The van der Waals surface area contributed by atoms with Crippen molar-refractivity contribution in [2.45, 2.75) is 19.8 Å². The average molecular weight is 626 g/mol. The van der Waals surface area contributed by atoms with Gasteiger partial charge in [-0.05, 0) is 109 Å². The highest BCUT2D eigenvalue weighted by Gasteiger charge is 2.21. The first-order chi connectivity index (χ1) is 23.4. The standard InChI is InChI=1S/C43H31NO4/c1-2-5-26-10-12-27(13-11-26)28-14-18-30(19-15-28)44(31-20-16-29(17-21-31)42(45)46)39-25-24-36-35-22-23-37(43(47)48)34-8-3-6-32(40(34)35)33-7-4-9-38(39)41(33)36/h3-4,6-25H,2,5H2,1H3,(H,45,46)(H,47,48). The van der Waals surface area contributed by atoms with Crippen LogP contribution in [0.25, 0.3) is 54.2 Å². The lowest BCUT2D eigenvalue weighted by Gasteiger charge is -2.28. The Morgan fingerprint density at radius 3 is 1.60 bits per heavy atom. The van der Waals surface area contributed by atoms with Gasteiger partial charge in [-0.25, -0.2) is 9.59 Å². The van der Waals surface area contributed by atoms with E-state index in [-0.39, 0.29) is 5.56 Å². The van der Waals surface area contributed by atoms with Gasteiger partial charge in [0, 0.05) is 16.8 Å². The van der Waals surface area contributed by atoms with Crippen LogP contribution in [-0.4, -0.2) is 22.2 Å². The number of carboxylic acid groups (broad SMARTS) is 2. The van der Waals surface area contributed by atoms with Crippen molar-refractivity contribution in [3.05, 3.63) is 150 Å². The molecule has 0 radical (unpaired) electrons. The Morgan fingerprint density at radius 2 is 1.02 bits per heavy atom. The van der Waals surface area contributed by atoms with Crippen LogP contribution < -0.4 is 4.90 Å². The zero-order chi connectivity index (χ0) is 32.9. The molecule has 0 spiro atoms. The summed E-state index contributed by atoms with van der Waals surface area (Å²) < 4.78 is 0.